The van der Waals surface area contributed by atoms with Gasteiger partial charge in [-0.05, 0) is 19.1 Å². The largest absolute Gasteiger partial charge is 0.338 e. The highest BCUT2D eigenvalue weighted by Gasteiger charge is 2.32. The first-order chi connectivity index (χ1) is 15.5. The molecule has 9 nitrogen and oxygen atoms in total. The first-order valence-corrected chi connectivity index (χ1v) is 12.3. The predicted molar refractivity (Wildman–Crippen MR) is 121 cm³/mol. The predicted octanol–water partition coefficient (Wildman–Crippen LogP) is 3.07. The van der Waals surface area contributed by atoms with Gasteiger partial charge in [0.25, 0.3) is 5.89 Å². The second-order valence-corrected chi connectivity index (χ2v) is 10.4. The molecule has 1 saturated heterocycles. The second-order valence-electron chi connectivity index (χ2n) is 7.26. The third kappa shape index (κ3) is 3.90. The van der Waals surface area contributed by atoms with E-state index < -0.39 is 10.0 Å². The van der Waals surface area contributed by atoms with Gasteiger partial charge in [-0.25, -0.2) is 18.4 Å². The van der Waals surface area contributed by atoms with Crippen molar-refractivity contribution in [3.63, 3.8) is 0 Å². The second kappa shape index (κ2) is 8.41. The summed E-state index contributed by atoms with van der Waals surface area (Å²) in [5, 5.41) is 4.03. The summed E-state index contributed by atoms with van der Waals surface area (Å²) in [5.74, 6) is 1.39. The lowest BCUT2D eigenvalue weighted by atomic mass is 10.2. The fourth-order valence-electron chi connectivity index (χ4n) is 3.58. The van der Waals surface area contributed by atoms with Crippen molar-refractivity contribution in [2.45, 2.75) is 11.8 Å². The highest BCUT2D eigenvalue weighted by molar-refractivity contribution is 7.89. The van der Waals surface area contributed by atoms with Gasteiger partial charge in [-0.1, -0.05) is 35.5 Å². The first-order valence-electron chi connectivity index (χ1n) is 10.0. The number of rotatable bonds is 5. The first kappa shape index (κ1) is 20.7. The molecule has 0 radical (unpaired) electrons. The molecule has 5 rings (SSSR count). The van der Waals surface area contributed by atoms with E-state index in [0.29, 0.717) is 53.6 Å². The molecule has 0 aliphatic carbocycles. The molecule has 1 aliphatic rings. The summed E-state index contributed by atoms with van der Waals surface area (Å²) in [5.41, 5.74) is 0.837. The molecular formula is C21H20N6O3S2. The van der Waals surface area contributed by atoms with Crippen LogP contribution in [0.3, 0.4) is 0 Å². The number of thiophene rings is 1. The average molecular weight is 469 g/mol. The van der Waals surface area contributed by atoms with Crippen molar-refractivity contribution in [2.24, 2.45) is 0 Å². The van der Waals surface area contributed by atoms with Crippen LogP contribution in [-0.4, -0.2) is 59.0 Å². The summed E-state index contributed by atoms with van der Waals surface area (Å²) in [6.45, 7) is 3.59. The molecule has 1 aromatic carbocycles. The topological polar surface area (TPSA) is 105 Å². The molecule has 11 heteroatoms. The summed E-state index contributed by atoms with van der Waals surface area (Å²) in [4.78, 5) is 16.5. The number of benzene rings is 1. The number of sulfonamides is 1. The molecule has 0 unspecified atom stereocenters. The van der Waals surface area contributed by atoms with Crippen molar-refractivity contribution in [1.82, 2.24) is 24.4 Å². The van der Waals surface area contributed by atoms with E-state index in [1.807, 2.05) is 35.2 Å². The van der Waals surface area contributed by atoms with Crippen molar-refractivity contribution in [3.8, 4) is 22.2 Å². The molecule has 0 atom stereocenters. The van der Waals surface area contributed by atoms with Gasteiger partial charge in [0.1, 0.15) is 0 Å². The van der Waals surface area contributed by atoms with E-state index >= 15 is 0 Å². The Balaban J connectivity index is 1.35. The van der Waals surface area contributed by atoms with Gasteiger partial charge >= 0.3 is 0 Å². The SMILES string of the molecule is Cc1sc(-c2nc(-c3ccccc3)no2)cc1S(=O)(=O)N1CCN(c2ncccn2)CC1. The number of nitrogens with zero attached hydrogens (tertiary/aromatic N) is 6. The minimum atomic E-state index is -3.64. The van der Waals surface area contributed by atoms with E-state index in [4.69, 9.17) is 4.52 Å². The molecule has 0 N–H and O–H groups in total. The van der Waals surface area contributed by atoms with Gasteiger partial charge in [0.05, 0.1) is 9.77 Å². The minimum Gasteiger partial charge on any atom is -0.338 e. The summed E-state index contributed by atoms with van der Waals surface area (Å²) >= 11 is 1.33. The van der Waals surface area contributed by atoms with Gasteiger partial charge in [-0.15, -0.1) is 11.3 Å². The van der Waals surface area contributed by atoms with E-state index in [0.717, 1.165) is 5.56 Å². The van der Waals surface area contributed by atoms with Gasteiger partial charge in [0, 0.05) is 49.0 Å². The van der Waals surface area contributed by atoms with Crippen molar-refractivity contribution < 1.29 is 12.9 Å². The molecule has 164 valence electrons. The third-order valence-corrected chi connectivity index (χ3v) is 8.43. The van der Waals surface area contributed by atoms with Crippen LogP contribution >= 0.6 is 11.3 Å². The van der Waals surface area contributed by atoms with Gasteiger partial charge in [0.15, 0.2) is 0 Å². The molecule has 32 heavy (non-hydrogen) atoms. The van der Waals surface area contributed by atoms with Crippen LogP contribution in [0.2, 0.25) is 0 Å². The zero-order valence-electron chi connectivity index (χ0n) is 17.2. The van der Waals surface area contributed by atoms with Crippen LogP contribution in [0.5, 0.6) is 0 Å². The molecule has 1 aliphatic heterocycles. The Labute approximate surface area is 189 Å². The van der Waals surface area contributed by atoms with E-state index in [1.54, 1.807) is 31.5 Å². The Morgan fingerprint density at radius 3 is 2.44 bits per heavy atom. The number of aryl methyl sites for hydroxylation is 1. The van der Waals surface area contributed by atoms with Crippen LogP contribution in [0.1, 0.15) is 4.88 Å². The van der Waals surface area contributed by atoms with Crippen molar-refractivity contribution in [2.75, 3.05) is 31.1 Å². The molecular weight excluding hydrogens is 448 g/mol. The van der Waals surface area contributed by atoms with E-state index in [1.165, 1.54) is 15.6 Å². The Bertz CT molecular complexity index is 1310. The normalized spacial score (nSPS) is 15.2. The van der Waals surface area contributed by atoms with Crippen LogP contribution in [0.25, 0.3) is 22.2 Å². The number of hydrogen-bond acceptors (Lipinski definition) is 9. The summed E-state index contributed by atoms with van der Waals surface area (Å²) in [6, 6.07) is 12.9. The van der Waals surface area contributed by atoms with Crippen molar-refractivity contribution >= 4 is 27.3 Å². The van der Waals surface area contributed by atoms with Gasteiger partial charge in [-0.3, -0.25) is 0 Å². The van der Waals surface area contributed by atoms with Crippen LogP contribution < -0.4 is 4.90 Å². The van der Waals surface area contributed by atoms with Crippen molar-refractivity contribution in [1.29, 1.82) is 0 Å². The zero-order chi connectivity index (χ0) is 22.1. The number of hydrogen-bond donors (Lipinski definition) is 0. The Hall–Kier alpha value is -3.15. The highest BCUT2D eigenvalue weighted by Crippen LogP contribution is 2.35. The van der Waals surface area contributed by atoms with E-state index in [2.05, 4.69) is 20.1 Å². The Morgan fingerprint density at radius 1 is 1.00 bits per heavy atom. The van der Waals surface area contributed by atoms with Crippen molar-refractivity contribution in [3.05, 3.63) is 59.7 Å². The molecule has 4 heterocycles. The van der Waals surface area contributed by atoms with Gasteiger partial charge in [0.2, 0.25) is 21.8 Å². The van der Waals surface area contributed by atoms with Gasteiger partial charge < -0.3 is 9.42 Å². The lowest BCUT2D eigenvalue weighted by Gasteiger charge is -2.33. The summed E-state index contributed by atoms with van der Waals surface area (Å²) < 4.78 is 33.6. The molecule has 3 aromatic heterocycles. The number of anilines is 1. The molecule has 0 saturated carbocycles. The lowest BCUT2D eigenvalue weighted by Crippen LogP contribution is -2.49. The minimum absolute atomic E-state index is 0.279. The molecule has 1 fully saturated rings. The number of piperazine rings is 1. The Morgan fingerprint density at radius 2 is 1.72 bits per heavy atom. The zero-order valence-corrected chi connectivity index (χ0v) is 18.9. The highest BCUT2D eigenvalue weighted by atomic mass is 32.2. The van der Waals surface area contributed by atoms with Crippen LogP contribution in [0.4, 0.5) is 5.95 Å². The lowest BCUT2D eigenvalue weighted by molar-refractivity contribution is 0.382. The monoisotopic (exact) mass is 468 g/mol. The maximum Gasteiger partial charge on any atom is 0.268 e. The van der Waals surface area contributed by atoms with E-state index in [-0.39, 0.29) is 4.90 Å². The standard InChI is InChI=1S/C21H20N6O3S2/c1-15-18(14-17(31-15)20-24-19(25-30-20)16-6-3-2-4-7-16)32(28,29)27-12-10-26(11-13-27)21-22-8-5-9-23-21/h2-9,14H,10-13H2,1H3. The maximum atomic E-state index is 13.3. The average Bonchev–Trinajstić information content (AvgIpc) is 3.48. The van der Waals surface area contributed by atoms with Gasteiger partial charge in [-0.2, -0.15) is 9.29 Å². The Kier molecular flexibility index (Phi) is 5.45. The maximum absolute atomic E-state index is 13.3. The van der Waals surface area contributed by atoms with Crippen LogP contribution in [0.15, 0.2) is 64.3 Å². The molecule has 0 amide bonds. The van der Waals surface area contributed by atoms with Crippen LogP contribution in [0, 0.1) is 6.92 Å². The smallest absolute Gasteiger partial charge is 0.268 e. The number of aromatic nitrogens is 4. The summed E-state index contributed by atoms with van der Waals surface area (Å²) in [7, 11) is -3.64. The third-order valence-electron chi connectivity index (χ3n) is 5.23. The fraction of sp³-hybridized carbons (Fsp3) is 0.238. The molecule has 0 spiro atoms. The summed E-state index contributed by atoms with van der Waals surface area (Å²) in [6.07, 6.45) is 3.37. The molecule has 4 aromatic rings. The fourth-order valence-corrected chi connectivity index (χ4v) is 6.48. The van der Waals surface area contributed by atoms with Crippen LogP contribution in [-0.2, 0) is 10.0 Å². The molecule has 0 bridgehead atoms. The van der Waals surface area contributed by atoms with E-state index in [9.17, 15) is 8.42 Å². The quantitative estimate of drug-likeness (QED) is 0.440.